The Hall–Kier alpha value is -1.82. The molecule has 0 aromatic carbocycles. The average Bonchev–Trinajstić information content (AvgIpc) is 2.99. The van der Waals surface area contributed by atoms with E-state index in [1.165, 1.54) is 0 Å². The molecule has 1 aromatic heterocycles. The van der Waals surface area contributed by atoms with E-state index >= 15 is 0 Å². The second kappa shape index (κ2) is 9.33. The highest BCUT2D eigenvalue weighted by molar-refractivity contribution is 7.90. The number of hydrogen-bond acceptors (Lipinski definition) is 5. The maximum Gasteiger partial charge on any atom is 0.511 e. The Kier molecular flexibility index (Phi) is 7.55. The van der Waals surface area contributed by atoms with Crippen LogP contribution in [-0.2, 0) is 10.0 Å². The molecule has 0 aliphatic carbocycles. The van der Waals surface area contributed by atoms with Crippen molar-refractivity contribution >= 4 is 16.0 Å². The Balaban J connectivity index is 1.79. The number of nitrogens with zero attached hydrogens (tertiary/aromatic N) is 3. The number of rotatable bonds is 6. The summed E-state index contributed by atoms with van der Waals surface area (Å²) in [4.78, 5) is 4.16. The zero-order chi connectivity index (χ0) is 21.8. The van der Waals surface area contributed by atoms with Crippen molar-refractivity contribution in [1.29, 1.82) is 0 Å². The molecule has 1 unspecified atom stereocenters. The summed E-state index contributed by atoms with van der Waals surface area (Å²) in [5.74, 6) is 1.57. The van der Waals surface area contributed by atoms with Crippen LogP contribution in [0.1, 0.15) is 42.7 Å². The molecule has 166 valence electrons. The number of aromatic nitrogens is 1. The normalized spacial score (nSPS) is 18.7. The van der Waals surface area contributed by atoms with E-state index in [-0.39, 0.29) is 24.9 Å². The number of guanidine groups is 1. The van der Waals surface area contributed by atoms with E-state index in [9.17, 15) is 21.6 Å². The SMILES string of the molecule is CN=C(NCC1CCN(S(=O)(=O)C(F)(F)F)CC1)NCC(C)c1c(C)noc1C. The van der Waals surface area contributed by atoms with Gasteiger partial charge in [-0.1, -0.05) is 12.1 Å². The molecule has 8 nitrogen and oxygen atoms in total. The van der Waals surface area contributed by atoms with Gasteiger partial charge in [-0.15, -0.1) is 0 Å². The summed E-state index contributed by atoms with van der Waals surface area (Å²) in [5.41, 5.74) is -3.35. The zero-order valence-corrected chi connectivity index (χ0v) is 17.8. The summed E-state index contributed by atoms with van der Waals surface area (Å²) in [6.07, 6.45) is 0.712. The highest BCUT2D eigenvalue weighted by Gasteiger charge is 2.50. The van der Waals surface area contributed by atoms with Gasteiger partial charge in [-0.05, 0) is 32.6 Å². The smallest absolute Gasteiger partial charge is 0.361 e. The van der Waals surface area contributed by atoms with Gasteiger partial charge in [0, 0.05) is 44.7 Å². The van der Waals surface area contributed by atoms with Crippen molar-refractivity contribution < 1.29 is 26.1 Å². The first kappa shape index (κ1) is 23.5. The molecule has 12 heteroatoms. The lowest BCUT2D eigenvalue weighted by molar-refractivity contribution is -0.0496. The van der Waals surface area contributed by atoms with Crippen LogP contribution in [0, 0.1) is 19.8 Å². The number of aliphatic imine (C=N–C) groups is 1. The molecule has 29 heavy (non-hydrogen) atoms. The van der Waals surface area contributed by atoms with E-state index < -0.39 is 15.5 Å². The molecule has 2 rings (SSSR count). The fourth-order valence-electron chi connectivity index (χ4n) is 3.51. The molecular formula is C17H28F3N5O3S. The molecule has 0 amide bonds. The van der Waals surface area contributed by atoms with Crippen molar-refractivity contribution in [2.24, 2.45) is 10.9 Å². The second-order valence-corrected chi connectivity index (χ2v) is 9.20. The van der Waals surface area contributed by atoms with Gasteiger partial charge in [-0.2, -0.15) is 17.5 Å². The monoisotopic (exact) mass is 439 g/mol. The lowest BCUT2D eigenvalue weighted by Crippen LogP contribution is -2.47. The van der Waals surface area contributed by atoms with E-state index in [2.05, 4.69) is 20.8 Å². The van der Waals surface area contributed by atoms with Gasteiger partial charge in [0.2, 0.25) is 0 Å². The number of sulfonamides is 1. The zero-order valence-electron chi connectivity index (χ0n) is 17.0. The van der Waals surface area contributed by atoms with Gasteiger partial charge < -0.3 is 15.2 Å². The van der Waals surface area contributed by atoms with Crippen LogP contribution in [0.5, 0.6) is 0 Å². The lowest BCUT2D eigenvalue weighted by Gasteiger charge is -2.31. The summed E-state index contributed by atoms with van der Waals surface area (Å²) in [7, 11) is -3.61. The van der Waals surface area contributed by atoms with E-state index in [4.69, 9.17) is 4.52 Å². The van der Waals surface area contributed by atoms with Crippen molar-refractivity contribution in [1.82, 2.24) is 20.1 Å². The minimum absolute atomic E-state index is 0.0632. The van der Waals surface area contributed by atoms with Crippen molar-refractivity contribution in [3.05, 3.63) is 17.0 Å². The number of hydrogen-bond donors (Lipinski definition) is 2. The van der Waals surface area contributed by atoms with Gasteiger partial charge in [0.1, 0.15) is 5.76 Å². The lowest BCUT2D eigenvalue weighted by atomic mass is 9.98. The van der Waals surface area contributed by atoms with Gasteiger partial charge in [0.05, 0.1) is 5.69 Å². The average molecular weight is 440 g/mol. The van der Waals surface area contributed by atoms with Gasteiger partial charge >= 0.3 is 15.5 Å². The minimum Gasteiger partial charge on any atom is -0.361 e. The molecule has 0 radical (unpaired) electrons. The van der Waals surface area contributed by atoms with Gasteiger partial charge in [-0.25, -0.2) is 8.42 Å². The maximum absolute atomic E-state index is 12.6. The minimum atomic E-state index is -5.25. The maximum atomic E-state index is 12.6. The van der Waals surface area contributed by atoms with E-state index in [0.717, 1.165) is 17.0 Å². The van der Waals surface area contributed by atoms with Crippen LogP contribution < -0.4 is 10.6 Å². The standard InChI is InChI=1S/C17H28F3N5O3S/c1-11(15-12(2)24-28-13(15)3)9-22-16(21-4)23-10-14-5-7-25(8-6-14)29(26,27)17(18,19)20/h11,14H,5-10H2,1-4H3,(H2,21,22,23). The van der Waals surface area contributed by atoms with Crippen molar-refractivity contribution in [2.75, 3.05) is 33.2 Å². The third-order valence-electron chi connectivity index (χ3n) is 5.14. The molecule has 2 N–H and O–H groups in total. The first-order valence-corrected chi connectivity index (χ1v) is 10.8. The molecule has 1 fully saturated rings. The van der Waals surface area contributed by atoms with E-state index in [1.807, 2.05) is 20.8 Å². The molecule has 1 aliphatic heterocycles. The molecule has 2 heterocycles. The highest BCUT2D eigenvalue weighted by atomic mass is 32.2. The van der Waals surface area contributed by atoms with Gasteiger partial charge in [0.25, 0.3) is 0 Å². The Morgan fingerprint density at radius 3 is 2.41 bits per heavy atom. The predicted molar refractivity (Wildman–Crippen MR) is 103 cm³/mol. The summed E-state index contributed by atoms with van der Waals surface area (Å²) in [5, 5.41) is 10.3. The molecule has 1 saturated heterocycles. The Morgan fingerprint density at radius 1 is 1.31 bits per heavy atom. The summed E-state index contributed by atoms with van der Waals surface area (Å²) < 4.78 is 66.6. The van der Waals surface area contributed by atoms with Crippen molar-refractivity contribution in [2.45, 2.75) is 45.0 Å². The first-order valence-electron chi connectivity index (χ1n) is 9.41. The fourth-order valence-corrected chi connectivity index (χ4v) is 4.49. The van der Waals surface area contributed by atoms with E-state index in [0.29, 0.717) is 36.2 Å². The van der Waals surface area contributed by atoms with Crippen LogP contribution in [0.3, 0.4) is 0 Å². The van der Waals surface area contributed by atoms with Crippen molar-refractivity contribution in [3.63, 3.8) is 0 Å². The number of halogens is 3. The van der Waals surface area contributed by atoms with Crippen molar-refractivity contribution in [3.8, 4) is 0 Å². The molecule has 1 aromatic rings. The summed E-state index contributed by atoms with van der Waals surface area (Å²) in [6.45, 7) is 6.63. The number of alkyl halides is 3. The Morgan fingerprint density at radius 2 is 1.93 bits per heavy atom. The molecular weight excluding hydrogens is 411 g/mol. The topological polar surface area (TPSA) is 99.8 Å². The van der Waals surface area contributed by atoms with Crippen LogP contribution in [0.4, 0.5) is 13.2 Å². The molecule has 0 spiro atoms. The first-order chi connectivity index (χ1) is 13.5. The second-order valence-electron chi connectivity index (χ2n) is 7.27. The van der Waals surface area contributed by atoms with Crippen LogP contribution in [0.2, 0.25) is 0 Å². The quantitative estimate of drug-likeness (QED) is 0.520. The van der Waals surface area contributed by atoms with Crippen LogP contribution >= 0.6 is 0 Å². The fraction of sp³-hybridized carbons (Fsp3) is 0.765. The number of nitrogens with one attached hydrogen (secondary N) is 2. The van der Waals surface area contributed by atoms with Crippen LogP contribution in [-0.4, -0.2) is 62.6 Å². The Labute approximate surface area is 169 Å². The number of aryl methyl sites for hydroxylation is 2. The predicted octanol–water partition coefficient (Wildman–Crippen LogP) is 2.12. The van der Waals surface area contributed by atoms with Crippen LogP contribution in [0.15, 0.2) is 9.52 Å². The highest BCUT2D eigenvalue weighted by Crippen LogP contribution is 2.30. The van der Waals surface area contributed by atoms with Gasteiger partial charge in [-0.3, -0.25) is 4.99 Å². The third-order valence-corrected chi connectivity index (χ3v) is 6.77. The largest absolute Gasteiger partial charge is 0.511 e. The number of piperidine rings is 1. The summed E-state index contributed by atoms with van der Waals surface area (Å²) >= 11 is 0. The molecule has 1 atom stereocenters. The van der Waals surface area contributed by atoms with Gasteiger partial charge in [0.15, 0.2) is 5.96 Å². The molecule has 1 aliphatic rings. The van der Waals surface area contributed by atoms with Crippen LogP contribution in [0.25, 0.3) is 0 Å². The Bertz CT molecular complexity index is 795. The molecule has 0 saturated carbocycles. The van der Waals surface area contributed by atoms with E-state index in [1.54, 1.807) is 7.05 Å². The molecule has 0 bridgehead atoms. The summed E-state index contributed by atoms with van der Waals surface area (Å²) in [6, 6.07) is 0. The third kappa shape index (κ3) is 5.62.